The van der Waals surface area contributed by atoms with Crippen molar-refractivity contribution < 1.29 is 14.1 Å². The zero-order chi connectivity index (χ0) is 16.0. The van der Waals surface area contributed by atoms with E-state index in [9.17, 15) is 14.9 Å². The van der Waals surface area contributed by atoms with Gasteiger partial charge in [0.15, 0.2) is 5.78 Å². The predicted molar refractivity (Wildman–Crippen MR) is 76.6 cm³/mol. The molecule has 2 heterocycles. The molecule has 6 heteroatoms. The van der Waals surface area contributed by atoms with E-state index in [-0.39, 0.29) is 28.4 Å². The lowest BCUT2D eigenvalue weighted by atomic mass is 9.64. The Morgan fingerprint density at radius 3 is 2.91 bits per heavy atom. The molecule has 1 saturated heterocycles. The normalized spacial score (nSPS) is 26.9. The lowest BCUT2D eigenvalue weighted by Gasteiger charge is -2.38. The third-order valence-corrected chi connectivity index (χ3v) is 4.55. The number of likely N-dealkylation sites (tertiary alicyclic amines) is 1. The minimum absolute atomic E-state index is 0.111. The summed E-state index contributed by atoms with van der Waals surface area (Å²) in [6.45, 7) is 4.80. The Hall–Kier alpha value is -2.42. The molecular weight excluding hydrogens is 282 g/mol. The Kier molecular flexibility index (Phi) is 3.17. The largest absolute Gasteiger partial charge is 0.351 e. The first-order valence-electron chi connectivity index (χ1n) is 7.25. The van der Waals surface area contributed by atoms with Crippen LogP contribution in [0.5, 0.6) is 0 Å². The third kappa shape index (κ3) is 2.23. The minimum Gasteiger partial charge on any atom is -0.351 e. The van der Waals surface area contributed by atoms with Gasteiger partial charge in [0.2, 0.25) is 5.76 Å². The molecule has 1 atom stereocenters. The van der Waals surface area contributed by atoms with E-state index in [4.69, 9.17) is 4.52 Å². The van der Waals surface area contributed by atoms with Crippen LogP contribution < -0.4 is 0 Å². The lowest BCUT2D eigenvalue weighted by molar-refractivity contribution is -0.125. The smallest absolute Gasteiger partial charge is 0.292 e. The van der Waals surface area contributed by atoms with Crippen LogP contribution >= 0.6 is 0 Å². The predicted octanol–water partition coefficient (Wildman–Crippen LogP) is 1.96. The molecule has 2 aliphatic rings. The molecule has 22 heavy (non-hydrogen) atoms. The van der Waals surface area contributed by atoms with E-state index < -0.39 is 5.41 Å². The maximum atomic E-state index is 12.4. The maximum absolute atomic E-state index is 12.4. The zero-order valence-electron chi connectivity index (χ0n) is 12.6. The molecule has 0 radical (unpaired) electrons. The number of allylic oxidation sites excluding steroid dienone is 1. The van der Waals surface area contributed by atoms with Crippen LogP contribution in [0.2, 0.25) is 0 Å². The number of ketones is 1. The number of amides is 1. The number of aromatic nitrogens is 1. The van der Waals surface area contributed by atoms with Crippen LogP contribution in [0.1, 0.15) is 37.2 Å². The Balaban J connectivity index is 1.87. The number of carbonyl (C=O) groups excluding carboxylic acids is 2. The molecule has 1 aromatic heterocycles. The Bertz CT molecular complexity index is 697. The monoisotopic (exact) mass is 299 g/mol. The van der Waals surface area contributed by atoms with E-state index in [1.165, 1.54) is 12.3 Å². The number of rotatable bonds is 1. The van der Waals surface area contributed by atoms with Gasteiger partial charge >= 0.3 is 0 Å². The van der Waals surface area contributed by atoms with Crippen molar-refractivity contribution in [2.24, 2.45) is 10.8 Å². The Morgan fingerprint density at radius 1 is 1.50 bits per heavy atom. The summed E-state index contributed by atoms with van der Waals surface area (Å²) in [6, 6.07) is 3.55. The van der Waals surface area contributed by atoms with Gasteiger partial charge in [0.05, 0.1) is 11.8 Å². The number of nitrogens with zero attached hydrogens (tertiary/aromatic N) is 3. The van der Waals surface area contributed by atoms with Gasteiger partial charge in [-0.2, -0.15) is 5.26 Å². The molecule has 0 N–H and O–H groups in total. The highest BCUT2D eigenvalue weighted by atomic mass is 16.5. The molecule has 1 amide bonds. The van der Waals surface area contributed by atoms with Crippen LogP contribution in [0, 0.1) is 22.2 Å². The molecule has 0 saturated carbocycles. The molecule has 1 aliphatic carbocycles. The fraction of sp³-hybridized carbons (Fsp3) is 0.500. The molecule has 1 unspecified atom stereocenters. The average Bonchev–Trinajstić information content (AvgIpc) is 3.12. The van der Waals surface area contributed by atoms with Crippen molar-refractivity contribution in [2.75, 3.05) is 13.1 Å². The molecule has 1 fully saturated rings. The van der Waals surface area contributed by atoms with Gasteiger partial charge in [-0.05, 0) is 12.8 Å². The van der Waals surface area contributed by atoms with E-state index >= 15 is 0 Å². The van der Waals surface area contributed by atoms with Crippen LogP contribution in [-0.2, 0) is 4.79 Å². The van der Waals surface area contributed by atoms with Gasteiger partial charge in [0.1, 0.15) is 6.07 Å². The summed E-state index contributed by atoms with van der Waals surface area (Å²) in [5.41, 5.74) is -0.672. The molecule has 1 aromatic rings. The van der Waals surface area contributed by atoms with E-state index in [0.717, 1.165) is 6.42 Å². The van der Waals surface area contributed by atoms with Crippen molar-refractivity contribution in [1.29, 1.82) is 5.26 Å². The standard InChI is InChI=1S/C16H17N3O3/c1-15(2)9-16(7-11(8-17)13(15)20)4-6-19(10-16)14(21)12-3-5-18-22-12/h3,5,7H,4,6,9-10H2,1-2H3. The molecule has 3 rings (SSSR count). The number of nitriles is 1. The summed E-state index contributed by atoms with van der Waals surface area (Å²) in [7, 11) is 0. The van der Waals surface area contributed by atoms with Crippen molar-refractivity contribution in [2.45, 2.75) is 26.7 Å². The van der Waals surface area contributed by atoms with Gasteiger partial charge < -0.3 is 9.42 Å². The van der Waals surface area contributed by atoms with Gasteiger partial charge in [-0.1, -0.05) is 25.1 Å². The van der Waals surface area contributed by atoms with Gasteiger partial charge in [0, 0.05) is 30.0 Å². The highest BCUT2D eigenvalue weighted by molar-refractivity contribution is 6.03. The molecule has 1 aliphatic heterocycles. The molecule has 0 aromatic carbocycles. The zero-order valence-corrected chi connectivity index (χ0v) is 12.6. The SMILES string of the molecule is CC1(C)CC2(C=C(C#N)C1=O)CCN(C(=O)c1ccno1)C2. The van der Waals surface area contributed by atoms with Crippen molar-refractivity contribution in [3.8, 4) is 6.07 Å². The lowest BCUT2D eigenvalue weighted by Crippen LogP contribution is -2.40. The second-order valence-corrected chi connectivity index (χ2v) is 6.78. The summed E-state index contributed by atoms with van der Waals surface area (Å²) in [5.74, 6) is -0.0932. The highest BCUT2D eigenvalue weighted by Gasteiger charge is 2.49. The van der Waals surface area contributed by atoms with E-state index in [1.54, 1.807) is 11.0 Å². The number of Topliss-reactive ketones (excluding diaryl/α,β-unsaturated/α-hetero) is 1. The van der Waals surface area contributed by atoms with Crippen LogP contribution in [0.25, 0.3) is 0 Å². The molecule has 1 spiro atoms. The second-order valence-electron chi connectivity index (χ2n) is 6.78. The van der Waals surface area contributed by atoms with Gasteiger partial charge in [-0.15, -0.1) is 0 Å². The van der Waals surface area contributed by atoms with Gasteiger partial charge in [0.25, 0.3) is 5.91 Å². The third-order valence-electron chi connectivity index (χ3n) is 4.55. The minimum atomic E-state index is -0.578. The second kappa shape index (κ2) is 4.80. The Labute approximate surface area is 128 Å². The molecule has 114 valence electrons. The molecule has 6 nitrogen and oxygen atoms in total. The Morgan fingerprint density at radius 2 is 2.27 bits per heavy atom. The maximum Gasteiger partial charge on any atom is 0.292 e. The van der Waals surface area contributed by atoms with Crippen LogP contribution in [-0.4, -0.2) is 34.8 Å². The number of hydrogen-bond donors (Lipinski definition) is 0. The topological polar surface area (TPSA) is 87.2 Å². The summed E-state index contributed by atoms with van der Waals surface area (Å²) in [4.78, 5) is 26.3. The fourth-order valence-electron chi connectivity index (χ4n) is 3.64. The quantitative estimate of drug-likeness (QED) is 0.791. The van der Waals surface area contributed by atoms with E-state index in [0.29, 0.717) is 19.5 Å². The molecule has 0 bridgehead atoms. The number of carbonyl (C=O) groups is 2. The summed E-state index contributed by atoms with van der Waals surface area (Å²) >= 11 is 0. The van der Waals surface area contributed by atoms with Crippen molar-refractivity contribution in [1.82, 2.24) is 10.1 Å². The highest BCUT2D eigenvalue weighted by Crippen LogP contribution is 2.48. The fourth-order valence-corrected chi connectivity index (χ4v) is 3.64. The summed E-state index contributed by atoms with van der Waals surface area (Å²) < 4.78 is 4.92. The van der Waals surface area contributed by atoms with Crippen molar-refractivity contribution in [3.63, 3.8) is 0 Å². The van der Waals surface area contributed by atoms with Crippen molar-refractivity contribution in [3.05, 3.63) is 29.7 Å². The van der Waals surface area contributed by atoms with Gasteiger partial charge in [-0.3, -0.25) is 9.59 Å². The van der Waals surface area contributed by atoms with E-state index in [2.05, 4.69) is 5.16 Å². The van der Waals surface area contributed by atoms with Crippen LogP contribution in [0.3, 0.4) is 0 Å². The van der Waals surface area contributed by atoms with Gasteiger partial charge in [-0.25, -0.2) is 0 Å². The first kappa shape index (κ1) is 14.5. The van der Waals surface area contributed by atoms with Crippen LogP contribution in [0.15, 0.2) is 28.4 Å². The first-order chi connectivity index (χ1) is 10.4. The van der Waals surface area contributed by atoms with Crippen molar-refractivity contribution >= 4 is 11.7 Å². The number of hydrogen-bond acceptors (Lipinski definition) is 5. The summed E-state index contributed by atoms with van der Waals surface area (Å²) in [6.07, 6.45) is 4.60. The first-order valence-corrected chi connectivity index (χ1v) is 7.25. The summed E-state index contributed by atoms with van der Waals surface area (Å²) in [5, 5.41) is 12.8. The van der Waals surface area contributed by atoms with E-state index in [1.807, 2.05) is 19.9 Å². The molecular formula is C16H17N3O3. The van der Waals surface area contributed by atoms with Crippen LogP contribution in [0.4, 0.5) is 0 Å². The average molecular weight is 299 g/mol.